The van der Waals surface area contributed by atoms with Crippen LogP contribution in [-0.2, 0) is 11.0 Å². The third-order valence-corrected chi connectivity index (χ3v) is 1.99. The monoisotopic (exact) mass is 104 g/mol. The Hall–Kier alpha value is 0.375. The van der Waals surface area contributed by atoms with Crippen LogP contribution in [0.5, 0.6) is 0 Å². The van der Waals surface area contributed by atoms with E-state index in [1.165, 1.54) is 0 Å². The topological polar surface area (TPSA) is 23.1 Å². The van der Waals surface area contributed by atoms with Gasteiger partial charge in [0.2, 0.25) is 0 Å². The molecule has 6 heavy (non-hydrogen) atoms. The Kier molecular flexibility index (Phi) is 2.69. The van der Waals surface area contributed by atoms with Crippen molar-refractivity contribution < 1.29 is 4.55 Å². The molecule has 0 spiro atoms. The molecule has 0 aromatic carbocycles. The Morgan fingerprint density at radius 2 is 1.67 bits per heavy atom. The molecule has 0 amide bonds. The van der Waals surface area contributed by atoms with E-state index < -0.39 is 11.0 Å². The van der Waals surface area contributed by atoms with E-state index in [2.05, 4.69) is 0 Å². The molecule has 0 aromatic rings. The van der Waals surface area contributed by atoms with Crippen molar-refractivity contribution in [2.24, 2.45) is 0 Å². The lowest BCUT2D eigenvalue weighted by Crippen LogP contribution is -2.15. The number of hydrogen-bond donors (Lipinski definition) is 0. The second-order valence-electron chi connectivity index (χ2n) is 1.55. The summed E-state index contributed by atoms with van der Waals surface area (Å²) >= 11 is -0.617. The SMILES string of the molecule is CB(C)[S+](C)[O-]. The van der Waals surface area contributed by atoms with E-state index in [1.807, 2.05) is 13.6 Å². The summed E-state index contributed by atoms with van der Waals surface area (Å²) in [5.41, 5.74) is 0. The van der Waals surface area contributed by atoms with Gasteiger partial charge in [-0.3, -0.25) is 0 Å². The molecule has 1 atom stereocenters. The highest BCUT2D eigenvalue weighted by atomic mass is 32.2. The standard InChI is InChI=1S/C3H9BOS/c1-4(2)6(3)5/h1-3H3. The number of hydrogen-bond acceptors (Lipinski definition) is 1. The maximum Gasteiger partial charge on any atom is 0.403 e. The first-order valence-corrected chi connectivity index (χ1v) is 3.59. The van der Waals surface area contributed by atoms with Gasteiger partial charge in [0, 0.05) is 0 Å². The molecule has 0 heterocycles. The van der Waals surface area contributed by atoms with Crippen molar-refractivity contribution >= 4 is 17.0 Å². The van der Waals surface area contributed by atoms with Gasteiger partial charge in [-0.1, -0.05) is 0 Å². The fourth-order valence-corrected chi connectivity index (χ4v) is 0. The average Bonchev–Trinajstić information content (AvgIpc) is 1.36. The van der Waals surface area contributed by atoms with Crippen molar-refractivity contribution in [3.05, 3.63) is 0 Å². The third kappa shape index (κ3) is 2.60. The molecule has 0 N–H and O–H groups in total. The van der Waals surface area contributed by atoms with Gasteiger partial charge < -0.3 is 4.55 Å². The predicted octanol–water partition coefficient (Wildman–Crippen LogP) is 0.616. The van der Waals surface area contributed by atoms with E-state index in [0.29, 0.717) is 5.99 Å². The lowest BCUT2D eigenvalue weighted by molar-refractivity contribution is 0.612. The highest BCUT2D eigenvalue weighted by Crippen LogP contribution is 1.88. The summed E-state index contributed by atoms with van der Waals surface area (Å²) in [6.45, 7) is 3.88. The Bertz CT molecular complexity index is 31.8. The molecule has 1 unspecified atom stereocenters. The lowest BCUT2D eigenvalue weighted by Gasteiger charge is -2.03. The van der Waals surface area contributed by atoms with Crippen LogP contribution in [0.25, 0.3) is 0 Å². The molecule has 0 radical (unpaired) electrons. The molecular formula is C3H9BOS. The molecule has 0 aliphatic rings. The van der Waals surface area contributed by atoms with Crippen LogP contribution in [0.15, 0.2) is 0 Å². The fraction of sp³-hybridized carbons (Fsp3) is 1.00. The van der Waals surface area contributed by atoms with Crippen molar-refractivity contribution in [3.8, 4) is 0 Å². The van der Waals surface area contributed by atoms with Gasteiger partial charge in [-0.25, -0.2) is 0 Å². The molecule has 0 aliphatic heterocycles. The van der Waals surface area contributed by atoms with Gasteiger partial charge >= 0.3 is 5.99 Å². The van der Waals surface area contributed by atoms with Gasteiger partial charge in [0.15, 0.2) is 0 Å². The van der Waals surface area contributed by atoms with Crippen LogP contribution in [0, 0.1) is 0 Å². The van der Waals surface area contributed by atoms with Gasteiger partial charge in [0.25, 0.3) is 0 Å². The minimum absolute atomic E-state index is 0.324. The zero-order chi connectivity index (χ0) is 5.15. The van der Waals surface area contributed by atoms with E-state index in [1.54, 1.807) is 6.26 Å². The molecule has 0 rings (SSSR count). The van der Waals surface area contributed by atoms with Crippen LogP contribution in [0.3, 0.4) is 0 Å². The largest absolute Gasteiger partial charge is 0.635 e. The van der Waals surface area contributed by atoms with E-state index in [-0.39, 0.29) is 0 Å². The maximum absolute atomic E-state index is 10.3. The Balaban J connectivity index is 2.99. The van der Waals surface area contributed by atoms with E-state index in [0.717, 1.165) is 0 Å². The molecule has 36 valence electrons. The highest BCUT2D eigenvalue weighted by molar-refractivity contribution is 8.17. The molecule has 0 aliphatic carbocycles. The minimum Gasteiger partial charge on any atom is -0.635 e. The maximum atomic E-state index is 10.3. The second kappa shape index (κ2) is 2.53. The van der Waals surface area contributed by atoms with Crippen molar-refractivity contribution in [2.45, 2.75) is 13.6 Å². The zero-order valence-electron chi connectivity index (χ0n) is 4.39. The molecule has 3 heteroatoms. The Labute approximate surface area is 42.3 Å². The van der Waals surface area contributed by atoms with Crippen molar-refractivity contribution in [3.63, 3.8) is 0 Å². The van der Waals surface area contributed by atoms with Crippen LogP contribution < -0.4 is 0 Å². The van der Waals surface area contributed by atoms with Gasteiger partial charge in [-0.2, -0.15) is 0 Å². The summed E-state index contributed by atoms with van der Waals surface area (Å²) < 4.78 is 10.3. The molecule has 0 saturated carbocycles. The Morgan fingerprint density at radius 1 is 1.50 bits per heavy atom. The van der Waals surface area contributed by atoms with Crippen molar-refractivity contribution in [1.29, 1.82) is 0 Å². The van der Waals surface area contributed by atoms with Crippen LogP contribution in [-0.4, -0.2) is 16.8 Å². The smallest absolute Gasteiger partial charge is 0.403 e. The van der Waals surface area contributed by atoms with Gasteiger partial charge in [0.1, 0.15) is 0 Å². The molecule has 0 fully saturated rings. The van der Waals surface area contributed by atoms with E-state index in [4.69, 9.17) is 0 Å². The first kappa shape index (κ1) is 6.37. The van der Waals surface area contributed by atoms with Crippen molar-refractivity contribution in [1.82, 2.24) is 0 Å². The second-order valence-corrected chi connectivity index (χ2v) is 3.49. The molecule has 0 bridgehead atoms. The first-order valence-electron chi connectivity index (χ1n) is 1.97. The summed E-state index contributed by atoms with van der Waals surface area (Å²) in [5.74, 6) is 0.324. The van der Waals surface area contributed by atoms with Crippen LogP contribution in [0.2, 0.25) is 13.6 Å². The normalized spacial score (nSPS) is 14.0. The van der Waals surface area contributed by atoms with Crippen LogP contribution in [0.4, 0.5) is 0 Å². The lowest BCUT2D eigenvalue weighted by atomic mass is 9.84. The predicted molar refractivity (Wildman–Crippen MR) is 31.5 cm³/mol. The fourth-order valence-electron chi connectivity index (χ4n) is 0. The van der Waals surface area contributed by atoms with Gasteiger partial charge in [-0.05, 0) is 13.6 Å². The molecule has 0 saturated heterocycles. The Morgan fingerprint density at radius 3 is 1.67 bits per heavy atom. The van der Waals surface area contributed by atoms with Crippen molar-refractivity contribution in [2.75, 3.05) is 6.26 Å². The molecular weight excluding hydrogens is 94.9 g/mol. The van der Waals surface area contributed by atoms with Gasteiger partial charge in [0.05, 0.1) is 6.26 Å². The van der Waals surface area contributed by atoms with E-state index >= 15 is 0 Å². The number of rotatable bonds is 1. The summed E-state index contributed by atoms with van der Waals surface area (Å²) in [5, 5.41) is 0. The highest BCUT2D eigenvalue weighted by Gasteiger charge is 2.09. The summed E-state index contributed by atoms with van der Waals surface area (Å²) in [7, 11) is 0. The quantitative estimate of drug-likeness (QED) is 0.353. The van der Waals surface area contributed by atoms with Gasteiger partial charge in [-0.15, -0.1) is 11.0 Å². The third-order valence-electron chi connectivity index (χ3n) is 0.664. The first-order chi connectivity index (χ1) is 2.64. The summed E-state index contributed by atoms with van der Waals surface area (Å²) in [6, 6.07) is 0. The van der Waals surface area contributed by atoms with E-state index in [9.17, 15) is 4.55 Å². The van der Waals surface area contributed by atoms with Crippen LogP contribution >= 0.6 is 0 Å². The summed E-state index contributed by atoms with van der Waals surface area (Å²) in [6.07, 6.45) is 1.71. The molecule has 1 nitrogen and oxygen atoms in total. The zero-order valence-corrected chi connectivity index (χ0v) is 5.21. The summed E-state index contributed by atoms with van der Waals surface area (Å²) in [4.78, 5) is 0. The minimum atomic E-state index is -0.617. The van der Waals surface area contributed by atoms with Crippen LogP contribution in [0.1, 0.15) is 0 Å². The molecule has 0 aromatic heterocycles. The average molecular weight is 104 g/mol.